The largest absolute Gasteiger partial charge is 0.480 e. The number of carbonyl (C=O) groups is 1. The molecule has 0 rings (SSSR count). The summed E-state index contributed by atoms with van der Waals surface area (Å²) in [6, 6.07) is 0. The van der Waals surface area contributed by atoms with Gasteiger partial charge in [0.2, 0.25) is 0 Å². The van der Waals surface area contributed by atoms with Crippen LogP contribution >= 0.6 is 10.8 Å². The van der Waals surface area contributed by atoms with Crippen molar-refractivity contribution in [2.45, 2.75) is 0 Å². The van der Waals surface area contributed by atoms with Crippen LogP contribution < -0.4 is 4.72 Å². The van der Waals surface area contributed by atoms with Crippen molar-refractivity contribution in [1.29, 1.82) is 0 Å². The van der Waals surface area contributed by atoms with Gasteiger partial charge in [0.1, 0.15) is 6.54 Å². The minimum Gasteiger partial charge on any atom is -0.480 e. The Morgan fingerprint density at radius 3 is 2.22 bits per heavy atom. The maximum absolute atomic E-state index is 9.77. The van der Waals surface area contributed by atoms with Gasteiger partial charge in [0.25, 0.3) is 0 Å². The van der Waals surface area contributed by atoms with E-state index in [2.05, 4.69) is 0 Å². The molecule has 0 aromatic carbocycles. The summed E-state index contributed by atoms with van der Waals surface area (Å²) >= 11 is 0. The molecule has 0 amide bonds. The normalized spacial score (nSPS) is 13.2. The minimum absolute atomic E-state index is 0.432. The fraction of sp³-hybridized carbons (Fsp3) is 0.667. The average Bonchev–Trinajstić information content (AvgIpc) is 1.59. The molecule has 0 saturated carbocycles. The summed E-state index contributed by atoms with van der Waals surface area (Å²) in [5.41, 5.74) is 0. The first kappa shape index (κ1) is 8.70. The molecule has 0 saturated heterocycles. The van der Waals surface area contributed by atoms with Gasteiger partial charge < -0.3 is 5.11 Å². The lowest BCUT2D eigenvalue weighted by molar-refractivity contribution is -0.135. The molecule has 5 nitrogen and oxygen atoms in total. The Hall–Kier alpha value is -0.300. The Balaban J connectivity index is 3.39. The summed E-state index contributed by atoms with van der Waals surface area (Å²) in [6.07, 6.45) is 1.12. The predicted octanol–water partition coefficient (Wildman–Crippen LogP) is -0.0440. The molecule has 0 fully saturated rings. The fourth-order valence-electron chi connectivity index (χ4n) is 0.198. The highest BCUT2D eigenvalue weighted by Crippen LogP contribution is 2.25. The molecule has 6 heteroatoms. The van der Waals surface area contributed by atoms with Gasteiger partial charge in [-0.2, -0.15) is 0 Å². The fourth-order valence-corrected chi connectivity index (χ4v) is 0.595. The smallest absolute Gasteiger partial charge is 0.319 e. The van der Waals surface area contributed by atoms with Crippen molar-refractivity contribution in [3.8, 4) is 0 Å². The number of aliphatic carboxylic acids is 1. The van der Waals surface area contributed by atoms with E-state index in [1.807, 2.05) is 4.72 Å². The molecule has 0 spiro atoms. The predicted molar refractivity (Wildman–Crippen MR) is 34.4 cm³/mol. The van der Waals surface area contributed by atoms with Crippen molar-refractivity contribution < 1.29 is 19.0 Å². The second-order valence-electron chi connectivity index (χ2n) is 1.55. The van der Waals surface area contributed by atoms with Crippen molar-refractivity contribution in [1.82, 2.24) is 4.72 Å². The van der Waals surface area contributed by atoms with Crippen molar-refractivity contribution in [3.05, 3.63) is 0 Å². The lowest BCUT2D eigenvalue weighted by Gasteiger charge is -2.26. The molecule has 0 radical (unpaired) electrons. The monoisotopic (exact) mass is 155 g/mol. The van der Waals surface area contributed by atoms with Crippen LogP contribution in [0.5, 0.6) is 0 Å². The standard InChI is InChI=1S/C3H9NO4S/c1-9(7,8)4-2-3(5)6/h4,7-8H,2H2,1H3,(H,5,6). The van der Waals surface area contributed by atoms with Gasteiger partial charge in [-0.25, -0.2) is 4.72 Å². The number of hydrogen-bond acceptors (Lipinski definition) is 4. The first-order valence-electron chi connectivity index (χ1n) is 2.11. The zero-order valence-corrected chi connectivity index (χ0v) is 5.68. The van der Waals surface area contributed by atoms with Crippen molar-refractivity contribution >= 4 is 16.7 Å². The van der Waals surface area contributed by atoms with Gasteiger partial charge in [-0.15, -0.1) is 10.8 Å². The van der Waals surface area contributed by atoms with E-state index in [9.17, 15) is 4.79 Å². The second-order valence-corrected chi connectivity index (χ2v) is 3.50. The van der Waals surface area contributed by atoms with Gasteiger partial charge in [-0.05, 0) is 0 Å². The van der Waals surface area contributed by atoms with Crippen LogP contribution in [0.3, 0.4) is 0 Å². The molecular formula is C3H9NO4S. The highest BCUT2D eigenvalue weighted by Gasteiger charge is 2.03. The summed E-state index contributed by atoms with van der Waals surface area (Å²) in [4.78, 5) is 9.77. The number of carboxylic acids is 1. The number of carboxylic acid groups (broad SMARTS) is 1. The van der Waals surface area contributed by atoms with Crippen LogP contribution in [0.25, 0.3) is 0 Å². The van der Waals surface area contributed by atoms with Gasteiger partial charge in [0, 0.05) is 6.26 Å². The quantitative estimate of drug-likeness (QED) is 0.459. The first-order chi connectivity index (χ1) is 3.92. The molecule has 0 atom stereocenters. The lowest BCUT2D eigenvalue weighted by atomic mass is 10.7. The van der Waals surface area contributed by atoms with E-state index in [4.69, 9.17) is 14.2 Å². The Kier molecular flexibility index (Phi) is 2.92. The molecule has 4 N–H and O–H groups in total. The Labute approximate surface area is 54.2 Å². The molecular weight excluding hydrogens is 146 g/mol. The Morgan fingerprint density at radius 1 is 1.67 bits per heavy atom. The number of rotatable bonds is 3. The summed E-state index contributed by atoms with van der Waals surface area (Å²) in [6.45, 7) is -0.432. The summed E-state index contributed by atoms with van der Waals surface area (Å²) in [5, 5.41) is 8.01. The van der Waals surface area contributed by atoms with E-state index in [1.54, 1.807) is 0 Å². The lowest BCUT2D eigenvalue weighted by Crippen LogP contribution is -2.25. The van der Waals surface area contributed by atoms with Crippen molar-refractivity contribution in [2.75, 3.05) is 12.8 Å². The van der Waals surface area contributed by atoms with Crippen LogP contribution in [0.2, 0.25) is 0 Å². The van der Waals surface area contributed by atoms with Crippen LogP contribution in [0.4, 0.5) is 0 Å². The second kappa shape index (κ2) is 3.02. The van der Waals surface area contributed by atoms with Gasteiger partial charge >= 0.3 is 5.97 Å². The van der Waals surface area contributed by atoms with Crippen LogP contribution in [-0.4, -0.2) is 33.0 Å². The van der Waals surface area contributed by atoms with Crippen molar-refractivity contribution in [3.63, 3.8) is 0 Å². The molecule has 0 aromatic rings. The summed E-state index contributed by atoms with van der Waals surface area (Å²) < 4.78 is 19.1. The number of hydrogen-bond donors (Lipinski definition) is 4. The topological polar surface area (TPSA) is 89.8 Å². The van der Waals surface area contributed by atoms with Gasteiger partial charge in [-0.3, -0.25) is 13.9 Å². The van der Waals surface area contributed by atoms with Crippen LogP contribution in [0.15, 0.2) is 0 Å². The molecule has 9 heavy (non-hydrogen) atoms. The molecule has 0 unspecified atom stereocenters. The van der Waals surface area contributed by atoms with Crippen LogP contribution in [0.1, 0.15) is 0 Å². The molecule has 0 heterocycles. The Morgan fingerprint density at radius 2 is 2.11 bits per heavy atom. The molecule has 0 aromatic heterocycles. The molecule has 56 valence electrons. The highest BCUT2D eigenvalue weighted by molar-refractivity contribution is 8.22. The maximum Gasteiger partial charge on any atom is 0.319 e. The highest BCUT2D eigenvalue weighted by atomic mass is 32.3. The van der Waals surface area contributed by atoms with Gasteiger partial charge in [0.05, 0.1) is 0 Å². The van der Waals surface area contributed by atoms with E-state index in [0.717, 1.165) is 6.26 Å². The number of nitrogens with one attached hydrogen (secondary N) is 1. The van der Waals surface area contributed by atoms with E-state index in [-0.39, 0.29) is 0 Å². The summed E-state index contributed by atoms with van der Waals surface area (Å²) in [7, 11) is -2.85. The van der Waals surface area contributed by atoms with Crippen molar-refractivity contribution in [2.24, 2.45) is 0 Å². The van der Waals surface area contributed by atoms with E-state index < -0.39 is 23.3 Å². The third kappa shape index (κ3) is 7.70. The molecule has 0 aliphatic rings. The van der Waals surface area contributed by atoms with E-state index >= 15 is 0 Å². The zero-order chi connectivity index (χ0) is 7.49. The average molecular weight is 155 g/mol. The SMILES string of the molecule is CS(O)(O)NCC(=O)O. The first-order valence-corrected chi connectivity index (χ1v) is 4.07. The van der Waals surface area contributed by atoms with Gasteiger partial charge in [-0.1, -0.05) is 0 Å². The third-order valence-corrected chi connectivity index (χ3v) is 1.19. The van der Waals surface area contributed by atoms with Crippen LogP contribution in [0, 0.1) is 0 Å². The minimum atomic E-state index is -2.85. The zero-order valence-electron chi connectivity index (χ0n) is 4.87. The van der Waals surface area contributed by atoms with Gasteiger partial charge in [0.15, 0.2) is 0 Å². The Bertz CT molecular complexity index is 109. The molecule has 0 aliphatic carbocycles. The van der Waals surface area contributed by atoms with Crippen LogP contribution in [-0.2, 0) is 4.79 Å². The van der Waals surface area contributed by atoms with E-state index in [0.29, 0.717) is 0 Å². The third-order valence-electron chi connectivity index (χ3n) is 0.497. The maximum atomic E-state index is 9.77. The molecule has 0 bridgehead atoms. The van der Waals surface area contributed by atoms with E-state index in [1.165, 1.54) is 0 Å². The summed E-state index contributed by atoms with van der Waals surface area (Å²) in [5.74, 6) is -1.11. The molecule has 0 aliphatic heterocycles.